The van der Waals surface area contributed by atoms with Crippen LogP contribution in [0.3, 0.4) is 0 Å². The molecule has 2 aromatic carbocycles. The second-order valence-corrected chi connectivity index (χ2v) is 3.92. The molecule has 0 aromatic heterocycles. The number of hydrogen-bond acceptors (Lipinski definition) is 1. The summed E-state index contributed by atoms with van der Waals surface area (Å²) in [7, 11) is 0. The fourth-order valence-electron chi connectivity index (χ4n) is 1.57. The first-order valence-electron chi connectivity index (χ1n) is 5.61. The van der Waals surface area contributed by atoms with Crippen molar-refractivity contribution in [2.24, 2.45) is 0 Å². The summed E-state index contributed by atoms with van der Waals surface area (Å²) in [4.78, 5) is 0. The van der Waals surface area contributed by atoms with Gasteiger partial charge in [-0.25, -0.2) is 0 Å². The summed E-state index contributed by atoms with van der Waals surface area (Å²) in [6, 6.07) is 16.3. The van der Waals surface area contributed by atoms with Crippen LogP contribution in [0.4, 0.5) is 0 Å². The summed E-state index contributed by atoms with van der Waals surface area (Å²) < 4.78 is 5.78. The van der Waals surface area contributed by atoms with Crippen molar-refractivity contribution in [1.82, 2.24) is 0 Å². The summed E-state index contributed by atoms with van der Waals surface area (Å²) in [6.07, 6.45) is 1.03. The maximum atomic E-state index is 5.78. The second-order valence-electron chi connectivity index (χ2n) is 3.92. The number of ether oxygens (including phenoxy) is 1. The molecular weight excluding hydrogens is 196 g/mol. The molecule has 0 fully saturated rings. The van der Waals surface area contributed by atoms with Crippen LogP contribution in [0.15, 0.2) is 48.5 Å². The summed E-state index contributed by atoms with van der Waals surface area (Å²) in [5.74, 6) is 1.79. The van der Waals surface area contributed by atoms with Gasteiger partial charge in [-0.3, -0.25) is 0 Å². The highest BCUT2D eigenvalue weighted by Gasteiger charge is 1.97. The van der Waals surface area contributed by atoms with E-state index in [9.17, 15) is 0 Å². The van der Waals surface area contributed by atoms with Crippen LogP contribution in [-0.2, 0) is 6.42 Å². The highest BCUT2D eigenvalue weighted by atomic mass is 16.5. The van der Waals surface area contributed by atoms with Crippen LogP contribution in [0, 0.1) is 6.92 Å². The molecule has 0 aliphatic carbocycles. The van der Waals surface area contributed by atoms with E-state index in [1.807, 2.05) is 24.3 Å². The molecule has 1 nitrogen and oxygen atoms in total. The molecule has 16 heavy (non-hydrogen) atoms. The van der Waals surface area contributed by atoms with E-state index < -0.39 is 0 Å². The Morgan fingerprint density at radius 3 is 2.38 bits per heavy atom. The van der Waals surface area contributed by atoms with Gasteiger partial charge in [0.05, 0.1) is 0 Å². The van der Waals surface area contributed by atoms with Gasteiger partial charge >= 0.3 is 0 Å². The van der Waals surface area contributed by atoms with Gasteiger partial charge in [0.25, 0.3) is 0 Å². The lowest BCUT2D eigenvalue weighted by Crippen LogP contribution is -1.86. The number of hydrogen-bond donors (Lipinski definition) is 0. The summed E-state index contributed by atoms with van der Waals surface area (Å²) >= 11 is 0. The Bertz CT molecular complexity index is 457. The van der Waals surface area contributed by atoms with Gasteiger partial charge in [-0.2, -0.15) is 0 Å². The number of benzene rings is 2. The third kappa shape index (κ3) is 2.63. The Balaban J connectivity index is 2.16. The quantitative estimate of drug-likeness (QED) is 0.735. The zero-order valence-corrected chi connectivity index (χ0v) is 9.73. The maximum absolute atomic E-state index is 5.78. The molecule has 0 radical (unpaired) electrons. The van der Waals surface area contributed by atoms with Crippen molar-refractivity contribution in [2.45, 2.75) is 20.3 Å². The summed E-state index contributed by atoms with van der Waals surface area (Å²) in [6.45, 7) is 4.21. The van der Waals surface area contributed by atoms with Gasteiger partial charge in [0.2, 0.25) is 0 Å². The lowest BCUT2D eigenvalue weighted by atomic mass is 10.2. The SMILES string of the molecule is CCc1cccc(Oc2ccc(C)cc2)c1. The summed E-state index contributed by atoms with van der Waals surface area (Å²) in [5, 5.41) is 0. The number of aryl methyl sites for hydroxylation is 2. The highest BCUT2D eigenvalue weighted by Crippen LogP contribution is 2.22. The van der Waals surface area contributed by atoms with E-state index in [0.29, 0.717) is 0 Å². The van der Waals surface area contributed by atoms with Gasteiger partial charge < -0.3 is 4.74 Å². The molecule has 0 atom stereocenters. The first-order valence-corrected chi connectivity index (χ1v) is 5.61. The van der Waals surface area contributed by atoms with Crippen LogP contribution in [0.2, 0.25) is 0 Å². The first-order chi connectivity index (χ1) is 7.78. The minimum Gasteiger partial charge on any atom is -0.457 e. The van der Waals surface area contributed by atoms with Crippen LogP contribution < -0.4 is 4.74 Å². The van der Waals surface area contributed by atoms with E-state index >= 15 is 0 Å². The Labute approximate surface area is 96.7 Å². The predicted molar refractivity (Wildman–Crippen MR) is 67.1 cm³/mol. The van der Waals surface area contributed by atoms with Crippen molar-refractivity contribution in [3.63, 3.8) is 0 Å². The van der Waals surface area contributed by atoms with Crippen molar-refractivity contribution >= 4 is 0 Å². The topological polar surface area (TPSA) is 9.23 Å². The monoisotopic (exact) mass is 212 g/mol. The van der Waals surface area contributed by atoms with E-state index in [1.165, 1.54) is 11.1 Å². The predicted octanol–water partition coefficient (Wildman–Crippen LogP) is 4.35. The van der Waals surface area contributed by atoms with E-state index in [0.717, 1.165) is 17.9 Å². The molecule has 0 heterocycles. The molecule has 0 spiro atoms. The molecule has 0 saturated heterocycles. The molecule has 0 bridgehead atoms. The second kappa shape index (κ2) is 4.84. The fourth-order valence-corrected chi connectivity index (χ4v) is 1.57. The largest absolute Gasteiger partial charge is 0.457 e. The molecule has 0 unspecified atom stereocenters. The Hall–Kier alpha value is -1.76. The molecule has 0 aliphatic heterocycles. The Kier molecular flexibility index (Phi) is 3.25. The molecule has 1 heteroatoms. The molecule has 82 valence electrons. The van der Waals surface area contributed by atoms with Crippen molar-refractivity contribution < 1.29 is 4.74 Å². The van der Waals surface area contributed by atoms with Crippen molar-refractivity contribution in [3.05, 3.63) is 59.7 Å². The average molecular weight is 212 g/mol. The van der Waals surface area contributed by atoms with Gasteiger partial charge in [-0.15, -0.1) is 0 Å². The van der Waals surface area contributed by atoms with Gasteiger partial charge in [0, 0.05) is 0 Å². The van der Waals surface area contributed by atoms with E-state index in [1.54, 1.807) is 0 Å². The van der Waals surface area contributed by atoms with Crippen molar-refractivity contribution in [1.29, 1.82) is 0 Å². The molecule has 0 aliphatic rings. The Morgan fingerprint density at radius 2 is 1.69 bits per heavy atom. The van der Waals surface area contributed by atoms with E-state index in [4.69, 9.17) is 4.74 Å². The lowest BCUT2D eigenvalue weighted by Gasteiger charge is -2.07. The zero-order chi connectivity index (χ0) is 11.4. The normalized spacial score (nSPS) is 10.1. The first kappa shape index (κ1) is 10.7. The molecule has 0 N–H and O–H groups in total. The molecular formula is C15H16O. The van der Waals surface area contributed by atoms with Crippen LogP contribution in [0.5, 0.6) is 11.5 Å². The molecule has 2 rings (SSSR count). The fraction of sp³-hybridized carbons (Fsp3) is 0.200. The summed E-state index contributed by atoms with van der Waals surface area (Å²) in [5.41, 5.74) is 2.54. The van der Waals surface area contributed by atoms with Crippen LogP contribution in [0.25, 0.3) is 0 Å². The standard InChI is InChI=1S/C15H16O/c1-3-13-5-4-6-15(11-13)16-14-9-7-12(2)8-10-14/h4-11H,3H2,1-2H3. The minimum absolute atomic E-state index is 0.888. The average Bonchev–Trinajstić information content (AvgIpc) is 2.32. The van der Waals surface area contributed by atoms with Crippen molar-refractivity contribution in [3.8, 4) is 11.5 Å². The van der Waals surface area contributed by atoms with Crippen LogP contribution >= 0.6 is 0 Å². The highest BCUT2D eigenvalue weighted by molar-refractivity contribution is 5.34. The number of rotatable bonds is 3. The van der Waals surface area contributed by atoms with Gasteiger partial charge in [0.15, 0.2) is 0 Å². The van der Waals surface area contributed by atoms with Gasteiger partial charge in [-0.05, 0) is 43.2 Å². The third-order valence-electron chi connectivity index (χ3n) is 2.56. The minimum atomic E-state index is 0.888. The van der Waals surface area contributed by atoms with Crippen LogP contribution in [-0.4, -0.2) is 0 Å². The maximum Gasteiger partial charge on any atom is 0.127 e. The van der Waals surface area contributed by atoms with Gasteiger partial charge in [-0.1, -0.05) is 36.8 Å². The third-order valence-corrected chi connectivity index (χ3v) is 2.56. The smallest absolute Gasteiger partial charge is 0.127 e. The van der Waals surface area contributed by atoms with Gasteiger partial charge in [0.1, 0.15) is 11.5 Å². The zero-order valence-electron chi connectivity index (χ0n) is 9.73. The van der Waals surface area contributed by atoms with E-state index in [-0.39, 0.29) is 0 Å². The van der Waals surface area contributed by atoms with Crippen LogP contribution in [0.1, 0.15) is 18.1 Å². The molecule has 0 saturated carbocycles. The molecule has 0 amide bonds. The van der Waals surface area contributed by atoms with Crippen molar-refractivity contribution in [2.75, 3.05) is 0 Å². The Morgan fingerprint density at radius 1 is 0.938 bits per heavy atom. The van der Waals surface area contributed by atoms with E-state index in [2.05, 4.69) is 38.1 Å². The lowest BCUT2D eigenvalue weighted by molar-refractivity contribution is 0.482. The molecule has 2 aromatic rings.